The highest BCUT2D eigenvalue weighted by atomic mass is 19.2. The molecule has 1 aromatic rings. The largest absolute Gasteiger partial charge is 0.312 e. The Morgan fingerprint density at radius 3 is 2.92 bits per heavy atom. The SMILES string of the molecule is CC1CNCc2ccc(F)c(F)c21. The van der Waals surface area contributed by atoms with E-state index in [4.69, 9.17) is 0 Å². The van der Waals surface area contributed by atoms with E-state index < -0.39 is 11.6 Å². The van der Waals surface area contributed by atoms with E-state index in [1.807, 2.05) is 6.92 Å². The van der Waals surface area contributed by atoms with Crippen LogP contribution in [0.4, 0.5) is 8.78 Å². The molecule has 1 nitrogen and oxygen atoms in total. The van der Waals surface area contributed by atoms with Crippen LogP contribution in [0.1, 0.15) is 24.0 Å². The fraction of sp³-hybridized carbons (Fsp3) is 0.400. The number of hydrogen-bond acceptors (Lipinski definition) is 1. The number of halogens is 2. The second kappa shape index (κ2) is 3.07. The molecule has 13 heavy (non-hydrogen) atoms. The molecule has 0 bridgehead atoms. The van der Waals surface area contributed by atoms with Crippen molar-refractivity contribution in [3.63, 3.8) is 0 Å². The third-order valence-corrected chi connectivity index (χ3v) is 2.48. The number of rotatable bonds is 0. The third kappa shape index (κ3) is 1.33. The van der Waals surface area contributed by atoms with E-state index in [0.29, 0.717) is 18.7 Å². The molecule has 0 spiro atoms. The molecule has 1 unspecified atom stereocenters. The smallest absolute Gasteiger partial charge is 0.162 e. The van der Waals surface area contributed by atoms with Gasteiger partial charge in [-0.05, 0) is 23.1 Å². The minimum atomic E-state index is -0.743. The summed E-state index contributed by atoms with van der Waals surface area (Å²) in [6.45, 7) is 3.25. The topological polar surface area (TPSA) is 12.0 Å². The standard InChI is InChI=1S/C10H11F2N/c1-6-4-13-5-7-2-3-8(11)10(12)9(6)7/h2-3,6,13H,4-5H2,1H3. The van der Waals surface area contributed by atoms with Crippen molar-refractivity contribution < 1.29 is 8.78 Å². The van der Waals surface area contributed by atoms with E-state index in [2.05, 4.69) is 5.32 Å². The minimum Gasteiger partial charge on any atom is -0.312 e. The van der Waals surface area contributed by atoms with Crippen LogP contribution < -0.4 is 5.32 Å². The zero-order valence-electron chi connectivity index (χ0n) is 7.40. The summed E-state index contributed by atoms with van der Waals surface area (Å²) in [6.07, 6.45) is 0. The van der Waals surface area contributed by atoms with Gasteiger partial charge in [0.25, 0.3) is 0 Å². The molecule has 0 aromatic heterocycles. The predicted molar refractivity (Wildman–Crippen MR) is 46.5 cm³/mol. The maximum atomic E-state index is 13.3. The summed E-state index contributed by atoms with van der Waals surface area (Å²) in [5, 5.41) is 3.15. The summed E-state index contributed by atoms with van der Waals surface area (Å²) in [7, 11) is 0. The van der Waals surface area contributed by atoms with Gasteiger partial charge in [-0.15, -0.1) is 0 Å². The molecule has 2 rings (SSSR count). The number of nitrogens with one attached hydrogen (secondary N) is 1. The zero-order valence-corrected chi connectivity index (χ0v) is 7.40. The monoisotopic (exact) mass is 183 g/mol. The normalized spacial score (nSPS) is 21.3. The van der Waals surface area contributed by atoms with E-state index >= 15 is 0 Å². The van der Waals surface area contributed by atoms with Crippen molar-refractivity contribution >= 4 is 0 Å². The second-order valence-corrected chi connectivity index (χ2v) is 3.47. The maximum Gasteiger partial charge on any atom is 0.162 e. The van der Waals surface area contributed by atoms with Crippen LogP contribution in [0.15, 0.2) is 12.1 Å². The van der Waals surface area contributed by atoms with Gasteiger partial charge in [-0.2, -0.15) is 0 Å². The van der Waals surface area contributed by atoms with E-state index in [1.54, 1.807) is 6.07 Å². The van der Waals surface area contributed by atoms with Crippen molar-refractivity contribution in [1.29, 1.82) is 0 Å². The summed E-state index contributed by atoms with van der Waals surface area (Å²) in [6, 6.07) is 2.84. The fourth-order valence-corrected chi connectivity index (χ4v) is 1.82. The Morgan fingerprint density at radius 2 is 2.15 bits per heavy atom. The molecule has 0 radical (unpaired) electrons. The van der Waals surface area contributed by atoms with Gasteiger partial charge in [-0.3, -0.25) is 0 Å². The maximum absolute atomic E-state index is 13.3. The molecule has 1 aliphatic heterocycles. The summed E-state index contributed by atoms with van der Waals surface area (Å²) in [4.78, 5) is 0. The molecular weight excluding hydrogens is 172 g/mol. The molecule has 0 saturated carbocycles. The van der Waals surface area contributed by atoms with Gasteiger partial charge in [-0.1, -0.05) is 13.0 Å². The van der Waals surface area contributed by atoms with Crippen LogP contribution in [0.5, 0.6) is 0 Å². The third-order valence-electron chi connectivity index (χ3n) is 2.48. The van der Waals surface area contributed by atoms with Crippen molar-refractivity contribution in [3.05, 3.63) is 34.9 Å². The fourth-order valence-electron chi connectivity index (χ4n) is 1.82. The molecule has 0 amide bonds. The lowest BCUT2D eigenvalue weighted by atomic mass is 9.92. The molecule has 0 aliphatic carbocycles. The van der Waals surface area contributed by atoms with Gasteiger partial charge in [0.2, 0.25) is 0 Å². The first-order valence-corrected chi connectivity index (χ1v) is 4.37. The van der Waals surface area contributed by atoms with Crippen LogP contribution in [0, 0.1) is 11.6 Å². The van der Waals surface area contributed by atoms with Crippen molar-refractivity contribution in [1.82, 2.24) is 5.32 Å². The molecule has 1 atom stereocenters. The van der Waals surface area contributed by atoms with Gasteiger partial charge in [0.1, 0.15) is 0 Å². The van der Waals surface area contributed by atoms with Crippen LogP contribution in [0.2, 0.25) is 0 Å². The van der Waals surface area contributed by atoms with Crippen LogP contribution in [-0.2, 0) is 6.54 Å². The van der Waals surface area contributed by atoms with E-state index in [-0.39, 0.29) is 5.92 Å². The molecule has 1 aromatic carbocycles. The Morgan fingerprint density at radius 1 is 1.38 bits per heavy atom. The zero-order chi connectivity index (χ0) is 9.42. The molecule has 0 saturated heterocycles. The number of fused-ring (bicyclic) bond motifs is 1. The Bertz CT molecular complexity index is 336. The summed E-state index contributed by atoms with van der Waals surface area (Å²) < 4.78 is 26.2. The lowest BCUT2D eigenvalue weighted by Crippen LogP contribution is -2.27. The van der Waals surface area contributed by atoms with Crippen LogP contribution >= 0.6 is 0 Å². The molecule has 0 fully saturated rings. The van der Waals surface area contributed by atoms with Crippen molar-refractivity contribution in [3.8, 4) is 0 Å². The molecule has 70 valence electrons. The first-order valence-electron chi connectivity index (χ1n) is 4.37. The van der Waals surface area contributed by atoms with Gasteiger partial charge in [0.05, 0.1) is 0 Å². The molecule has 1 N–H and O–H groups in total. The summed E-state index contributed by atoms with van der Waals surface area (Å²) in [5.41, 5.74) is 1.41. The van der Waals surface area contributed by atoms with Crippen molar-refractivity contribution in [2.75, 3.05) is 6.54 Å². The summed E-state index contributed by atoms with van der Waals surface area (Å²) >= 11 is 0. The van der Waals surface area contributed by atoms with Gasteiger partial charge < -0.3 is 5.32 Å². The van der Waals surface area contributed by atoms with Crippen LogP contribution in [-0.4, -0.2) is 6.54 Å². The highest BCUT2D eigenvalue weighted by molar-refractivity contribution is 5.34. The van der Waals surface area contributed by atoms with Gasteiger partial charge in [0.15, 0.2) is 11.6 Å². The Labute approximate surface area is 75.8 Å². The first-order chi connectivity index (χ1) is 6.20. The van der Waals surface area contributed by atoms with Crippen LogP contribution in [0.25, 0.3) is 0 Å². The summed E-state index contributed by atoms with van der Waals surface area (Å²) in [5.74, 6) is -1.36. The Kier molecular flexibility index (Phi) is 2.04. The number of hydrogen-bond donors (Lipinski definition) is 1. The highest BCUT2D eigenvalue weighted by Gasteiger charge is 2.21. The highest BCUT2D eigenvalue weighted by Crippen LogP contribution is 2.27. The molecule has 1 aliphatic rings. The average Bonchev–Trinajstić information content (AvgIpc) is 2.12. The van der Waals surface area contributed by atoms with Gasteiger partial charge in [0, 0.05) is 13.1 Å². The predicted octanol–water partition coefficient (Wildman–Crippen LogP) is 2.17. The first kappa shape index (κ1) is 8.63. The quantitative estimate of drug-likeness (QED) is 0.650. The van der Waals surface area contributed by atoms with Crippen molar-refractivity contribution in [2.45, 2.75) is 19.4 Å². The molecular formula is C10H11F2N. The minimum absolute atomic E-state index is 0.0550. The van der Waals surface area contributed by atoms with E-state index in [0.717, 1.165) is 5.56 Å². The number of benzene rings is 1. The van der Waals surface area contributed by atoms with Gasteiger partial charge >= 0.3 is 0 Å². The van der Waals surface area contributed by atoms with Gasteiger partial charge in [-0.25, -0.2) is 8.78 Å². The van der Waals surface area contributed by atoms with E-state index in [9.17, 15) is 8.78 Å². The Balaban J connectivity index is 2.58. The lowest BCUT2D eigenvalue weighted by Gasteiger charge is -2.23. The van der Waals surface area contributed by atoms with E-state index in [1.165, 1.54) is 6.07 Å². The molecule has 1 heterocycles. The van der Waals surface area contributed by atoms with Crippen LogP contribution in [0.3, 0.4) is 0 Å². The lowest BCUT2D eigenvalue weighted by molar-refractivity contribution is 0.467. The molecule has 3 heteroatoms. The second-order valence-electron chi connectivity index (χ2n) is 3.47. The van der Waals surface area contributed by atoms with Crippen molar-refractivity contribution in [2.24, 2.45) is 0 Å². The average molecular weight is 183 g/mol. The Hall–Kier alpha value is -0.960.